The molecule has 1 aromatic carbocycles. The van der Waals surface area contributed by atoms with E-state index in [9.17, 15) is 4.79 Å². The van der Waals surface area contributed by atoms with Crippen LogP contribution < -0.4 is 11.1 Å². The largest absolute Gasteiger partial charge is 0.370 e. The quantitative estimate of drug-likeness (QED) is 0.429. The normalized spacial score (nSPS) is 12.9. The number of aromatic amines is 1. The van der Waals surface area contributed by atoms with Gasteiger partial charge in [-0.1, -0.05) is 30.3 Å². The van der Waals surface area contributed by atoms with Crippen molar-refractivity contribution in [1.29, 1.82) is 0 Å². The molecule has 2 aromatic rings. The number of amides is 1. The molecule has 0 saturated carbocycles. The zero-order valence-corrected chi connectivity index (χ0v) is 12.6. The average Bonchev–Trinajstić information content (AvgIpc) is 3.05. The number of nitrogens with zero attached hydrogens (tertiary/aromatic N) is 2. The molecule has 0 aliphatic heterocycles. The highest BCUT2D eigenvalue weighted by atomic mass is 16.2. The zero-order chi connectivity index (χ0) is 15.8. The second-order valence-corrected chi connectivity index (χ2v) is 5.07. The van der Waals surface area contributed by atoms with Crippen molar-refractivity contribution in [1.82, 2.24) is 15.3 Å². The summed E-state index contributed by atoms with van der Waals surface area (Å²) in [5.74, 6) is -0.252. The van der Waals surface area contributed by atoms with E-state index in [1.807, 2.05) is 37.3 Å². The summed E-state index contributed by atoms with van der Waals surface area (Å²) in [6.07, 6.45) is 5.13. The Bertz CT molecular complexity index is 607. The van der Waals surface area contributed by atoms with E-state index in [2.05, 4.69) is 20.3 Å². The first-order valence-electron chi connectivity index (χ1n) is 7.30. The molecule has 1 heterocycles. The number of nitrogens with two attached hydrogens (primary N) is 1. The monoisotopic (exact) mass is 299 g/mol. The highest BCUT2D eigenvalue weighted by molar-refractivity contribution is 5.98. The molecule has 0 aliphatic rings. The zero-order valence-electron chi connectivity index (χ0n) is 12.6. The van der Waals surface area contributed by atoms with Gasteiger partial charge in [0.15, 0.2) is 5.96 Å². The van der Waals surface area contributed by atoms with E-state index in [4.69, 9.17) is 5.73 Å². The fourth-order valence-electron chi connectivity index (χ4n) is 2.06. The van der Waals surface area contributed by atoms with Crippen LogP contribution in [0.15, 0.2) is 47.8 Å². The van der Waals surface area contributed by atoms with Crippen LogP contribution >= 0.6 is 0 Å². The van der Waals surface area contributed by atoms with Gasteiger partial charge in [-0.05, 0) is 25.3 Å². The maximum atomic E-state index is 12.1. The van der Waals surface area contributed by atoms with Crippen LogP contribution in [0.25, 0.3) is 0 Å². The molecule has 0 saturated heterocycles. The lowest BCUT2D eigenvalue weighted by Crippen LogP contribution is -2.39. The first-order valence-corrected chi connectivity index (χ1v) is 7.30. The molecule has 0 fully saturated rings. The minimum Gasteiger partial charge on any atom is -0.370 e. The summed E-state index contributed by atoms with van der Waals surface area (Å²) in [4.78, 5) is 23.2. The number of benzene rings is 1. The maximum Gasteiger partial charge on any atom is 0.233 e. The van der Waals surface area contributed by atoms with Gasteiger partial charge >= 0.3 is 0 Å². The molecule has 6 nitrogen and oxygen atoms in total. The highest BCUT2D eigenvalue weighted by Crippen LogP contribution is 2.14. The molecule has 1 unspecified atom stereocenters. The number of hydrogen-bond donors (Lipinski definition) is 3. The topological polar surface area (TPSA) is 96.2 Å². The lowest BCUT2D eigenvalue weighted by atomic mass is 10.0. The molecule has 1 aromatic heterocycles. The van der Waals surface area contributed by atoms with Crippen molar-refractivity contribution in [2.75, 3.05) is 6.54 Å². The SMILES string of the molecule is CC(C(=O)NC(N)=NCCCc1cnc[nH]1)c1ccccc1. The second-order valence-electron chi connectivity index (χ2n) is 5.07. The van der Waals surface area contributed by atoms with Crippen molar-refractivity contribution in [3.8, 4) is 0 Å². The summed E-state index contributed by atoms with van der Waals surface area (Å²) in [6, 6.07) is 9.58. The standard InChI is InChI=1S/C16H21N5O/c1-12(13-6-3-2-4-7-13)15(22)21-16(17)19-9-5-8-14-10-18-11-20-14/h2-4,6-7,10-12H,5,8-9H2,1H3,(H,18,20)(H3,17,19,21,22). The molecule has 1 atom stereocenters. The Morgan fingerprint density at radius 2 is 2.18 bits per heavy atom. The van der Waals surface area contributed by atoms with E-state index < -0.39 is 0 Å². The summed E-state index contributed by atoms with van der Waals surface area (Å²) in [5, 5.41) is 2.64. The third-order valence-electron chi connectivity index (χ3n) is 3.39. The van der Waals surface area contributed by atoms with Crippen molar-refractivity contribution in [3.05, 3.63) is 54.1 Å². The molecule has 1 amide bonds. The number of aryl methyl sites for hydroxylation is 1. The van der Waals surface area contributed by atoms with Crippen molar-refractivity contribution in [2.24, 2.45) is 10.7 Å². The van der Waals surface area contributed by atoms with E-state index in [-0.39, 0.29) is 17.8 Å². The first-order chi connectivity index (χ1) is 10.7. The molecule has 2 rings (SSSR count). The van der Waals surface area contributed by atoms with E-state index in [0.717, 1.165) is 24.1 Å². The molecule has 4 N–H and O–H groups in total. The first kappa shape index (κ1) is 15.8. The molecule has 0 spiro atoms. The molecule has 116 valence electrons. The fraction of sp³-hybridized carbons (Fsp3) is 0.312. The predicted octanol–water partition coefficient (Wildman–Crippen LogP) is 1.58. The Hall–Kier alpha value is -2.63. The molecule has 6 heteroatoms. The van der Waals surface area contributed by atoms with Crippen molar-refractivity contribution in [2.45, 2.75) is 25.7 Å². The summed E-state index contributed by atoms with van der Waals surface area (Å²) < 4.78 is 0. The lowest BCUT2D eigenvalue weighted by Gasteiger charge is -2.11. The van der Waals surface area contributed by atoms with Gasteiger partial charge in [-0.2, -0.15) is 0 Å². The molecular weight excluding hydrogens is 278 g/mol. The van der Waals surface area contributed by atoms with Crippen LogP contribution in [0.4, 0.5) is 0 Å². The number of aromatic nitrogens is 2. The van der Waals surface area contributed by atoms with Gasteiger partial charge in [0.2, 0.25) is 5.91 Å². The Balaban J connectivity index is 1.76. The van der Waals surface area contributed by atoms with Gasteiger partial charge in [-0.25, -0.2) is 4.98 Å². The van der Waals surface area contributed by atoms with Gasteiger partial charge in [0.25, 0.3) is 0 Å². The number of carbonyl (C=O) groups excluding carboxylic acids is 1. The average molecular weight is 299 g/mol. The van der Waals surface area contributed by atoms with Crippen LogP contribution in [0.5, 0.6) is 0 Å². The summed E-state index contributed by atoms with van der Waals surface area (Å²) in [6.45, 7) is 2.40. The summed E-state index contributed by atoms with van der Waals surface area (Å²) in [5.41, 5.74) is 7.76. The van der Waals surface area contributed by atoms with Crippen molar-refractivity contribution in [3.63, 3.8) is 0 Å². The number of guanidine groups is 1. The molecule has 0 aliphatic carbocycles. The molecule has 22 heavy (non-hydrogen) atoms. The lowest BCUT2D eigenvalue weighted by molar-refractivity contribution is -0.120. The Morgan fingerprint density at radius 1 is 1.41 bits per heavy atom. The van der Waals surface area contributed by atoms with E-state index >= 15 is 0 Å². The summed E-state index contributed by atoms with van der Waals surface area (Å²) >= 11 is 0. The van der Waals surface area contributed by atoms with Gasteiger partial charge in [0, 0.05) is 18.4 Å². The van der Waals surface area contributed by atoms with Crippen LogP contribution in [0.3, 0.4) is 0 Å². The van der Waals surface area contributed by atoms with Crippen LogP contribution in [0.2, 0.25) is 0 Å². The van der Waals surface area contributed by atoms with Crippen LogP contribution in [0.1, 0.15) is 30.5 Å². The molecular formula is C16H21N5O. The van der Waals surface area contributed by atoms with Gasteiger partial charge in [0.05, 0.1) is 12.2 Å². The number of H-pyrrole nitrogens is 1. The van der Waals surface area contributed by atoms with Crippen molar-refractivity contribution >= 4 is 11.9 Å². The Labute approximate surface area is 129 Å². The van der Waals surface area contributed by atoms with Crippen molar-refractivity contribution < 1.29 is 4.79 Å². The molecule has 0 bridgehead atoms. The number of imidazole rings is 1. The Kier molecular flexibility index (Phi) is 5.71. The third kappa shape index (κ3) is 4.73. The Morgan fingerprint density at radius 3 is 2.86 bits per heavy atom. The van der Waals surface area contributed by atoms with Gasteiger partial charge < -0.3 is 10.7 Å². The van der Waals surface area contributed by atoms with E-state index in [0.29, 0.717) is 6.54 Å². The minimum absolute atomic E-state index is 0.152. The summed E-state index contributed by atoms with van der Waals surface area (Å²) in [7, 11) is 0. The molecule has 0 radical (unpaired) electrons. The number of nitrogens with one attached hydrogen (secondary N) is 2. The number of carbonyl (C=O) groups is 1. The maximum absolute atomic E-state index is 12.1. The van der Waals surface area contributed by atoms with Gasteiger partial charge in [0.1, 0.15) is 0 Å². The number of rotatable bonds is 6. The highest BCUT2D eigenvalue weighted by Gasteiger charge is 2.15. The number of aliphatic imine (C=N–C) groups is 1. The second kappa shape index (κ2) is 7.97. The van der Waals surface area contributed by atoms with Crippen LogP contribution in [-0.2, 0) is 11.2 Å². The number of hydrogen-bond acceptors (Lipinski definition) is 3. The fourth-order valence-corrected chi connectivity index (χ4v) is 2.06. The van der Waals surface area contributed by atoms with Crippen LogP contribution in [-0.4, -0.2) is 28.4 Å². The third-order valence-corrected chi connectivity index (χ3v) is 3.39. The predicted molar refractivity (Wildman–Crippen MR) is 86.4 cm³/mol. The van der Waals surface area contributed by atoms with E-state index in [1.54, 1.807) is 12.5 Å². The van der Waals surface area contributed by atoms with Gasteiger partial charge in [-0.3, -0.25) is 15.1 Å². The van der Waals surface area contributed by atoms with E-state index in [1.165, 1.54) is 0 Å². The smallest absolute Gasteiger partial charge is 0.233 e. The van der Waals surface area contributed by atoms with Gasteiger partial charge in [-0.15, -0.1) is 0 Å². The minimum atomic E-state index is -0.264. The van der Waals surface area contributed by atoms with Crippen LogP contribution in [0, 0.1) is 0 Å².